The molecule has 4 amide bonds. The van der Waals surface area contributed by atoms with Gasteiger partial charge in [0.1, 0.15) is 24.4 Å². The molecule has 16 heteroatoms. The maximum atomic E-state index is 14.7. The van der Waals surface area contributed by atoms with E-state index in [1.165, 1.54) is 52.1 Å². The van der Waals surface area contributed by atoms with Crippen LogP contribution in [0.15, 0.2) is 48.5 Å². The van der Waals surface area contributed by atoms with Gasteiger partial charge < -0.3 is 26.0 Å². The zero-order valence-corrected chi connectivity index (χ0v) is 26.5. The monoisotopic (exact) mass is 688 g/mol. The lowest BCUT2D eigenvalue weighted by molar-refractivity contribution is -0.165. The van der Waals surface area contributed by atoms with Gasteiger partial charge in [-0.1, -0.05) is 49.7 Å². The van der Waals surface area contributed by atoms with E-state index in [1.807, 2.05) is 0 Å². The summed E-state index contributed by atoms with van der Waals surface area (Å²) in [6.45, 7) is 1.79. The number of carbonyl (C=O) groups excluding carboxylic acids is 5. The number of nitrogens with one attached hydrogen (secondary N) is 4. The van der Waals surface area contributed by atoms with Crippen LogP contribution in [-0.4, -0.2) is 67.2 Å². The van der Waals surface area contributed by atoms with Crippen LogP contribution in [-0.2, 0) is 29.4 Å². The van der Waals surface area contributed by atoms with E-state index < -0.39 is 77.5 Å². The molecule has 1 fully saturated rings. The molecular formula is C31H34ClF5N4O6. The molecule has 0 bridgehead atoms. The van der Waals surface area contributed by atoms with Gasteiger partial charge in [0, 0.05) is 5.02 Å². The van der Waals surface area contributed by atoms with Crippen molar-refractivity contribution in [2.75, 3.05) is 13.7 Å². The minimum atomic E-state index is -5.02. The van der Waals surface area contributed by atoms with Crippen molar-refractivity contribution >= 4 is 41.0 Å². The largest absolute Gasteiger partial charge is 0.497 e. The summed E-state index contributed by atoms with van der Waals surface area (Å²) in [5.41, 5.74) is -0.106. The van der Waals surface area contributed by atoms with Crippen LogP contribution in [0.4, 0.5) is 22.0 Å². The molecule has 3 atom stereocenters. The van der Waals surface area contributed by atoms with Crippen molar-refractivity contribution in [3.63, 3.8) is 0 Å². The number of carbonyl (C=O) groups is 5. The second-order valence-corrected chi connectivity index (χ2v) is 11.9. The summed E-state index contributed by atoms with van der Waals surface area (Å²) in [6, 6.07) is 7.53. The lowest BCUT2D eigenvalue weighted by Gasteiger charge is -2.28. The minimum Gasteiger partial charge on any atom is -0.497 e. The Hall–Kier alpha value is -4.27. The Morgan fingerprint density at radius 2 is 1.51 bits per heavy atom. The van der Waals surface area contributed by atoms with Gasteiger partial charge in [-0.2, -0.15) is 22.0 Å². The summed E-state index contributed by atoms with van der Waals surface area (Å²) in [6.07, 6.45) is -4.00. The fourth-order valence-corrected chi connectivity index (χ4v) is 4.88. The smallest absolute Gasteiger partial charge is 0.405 e. The third-order valence-corrected chi connectivity index (χ3v) is 7.83. The molecule has 0 heterocycles. The zero-order valence-electron chi connectivity index (χ0n) is 25.8. The average Bonchev–Trinajstić information content (AvgIpc) is 3.82. The highest BCUT2D eigenvalue weighted by Gasteiger charge is 2.53. The highest BCUT2D eigenvalue weighted by atomic mass is 35.5. The Balaban J connectivity index is 1.81. The maximum Gasteiger partial charge on any atom is 0.405 e. The van der Waals surface area contributed by atoms with Crippen molar-refractivity contribution in [2.24, 2.45) is 5.92 Å². The number of ketones is 1. The number of halogens is 6. The molecule has 2 aromatic rings. The lowest BCUT2D eigenvalue weighted by Crippen LogP contribution is -2.58. The predicted molar refractivity (Wildman–Crippen MR) is 160 cm³/mol. The highest BCUT2D eigenvalue weighted by molar-refractivity contribution is 6.30. The highest BCUT2D eigenvalue weighted by Crippen LogP contribution is 2.49. The third-order valence-electron chi connectivity index (χ3n) is 7.59. The molecule has 2 aromatic carbocycles. The molecule has 1 aliphatic carbocycles. The topological polar surface area (TPSA) is 143 Å². The standard InChI is InChI=1S/C31H34ClF5N4O6/c1-16(2)22(24(42)31(36,37)28(46)38-15-30(33,34)35)40-26(44)23(18-8-10-21(47-4)11-9-18)41-25(43)17(3)39-27(45)29(12-13-29)19-6-5-7-20(32)14-19/h5-11,14,16-17,22-23H,12-13,15H2,1-4H3,(H,38,46)(H,39,45)(H,40,44)(H,41,43)/t17-,22-,23-/m0/s1. The van der Waals surface area contributed by atoms with Gasteiger partial charge in [0.15, 0.2) is 0 Å². The van der Waals surface area contributed by atoms with E-state index in [1.54, 1.807) is 24.3 Å². The Morgan fingerprint density at radius 3 is 2.02 bits per heavy atom. The number of rotatable bonds is 14. The SMILES string of the molecule is COc1ccc([C@H](NC(=O)[C@H](C)NC(=O)C2(c3cccc(Cl)c3)CC2)C(=O)N[C@H](C(=O)C(F)(F)C(=O)NCC(F)(F)F)C(C)C)cc1. The van der Waals surface area contributed by atoms with Gasteiger partial charge in [-0.05, 0) is 61.1 Å². The number of alkyl halides is 5. The lowest BCUT2D eigenvalue weighted by atomic mass is 9.94. The van der Waals surface area contributed by atoms with Gasteiger partial charge in [0.2, 0.25) is 23.5 Å². The van der Waals surface area contributed by atoms with Crippen LogP contribution in [0, 0.1) is 5.92 Å². The summed E-state index contributed by atoms with van der Waals surface area (Å²) >= 11 is 6.08. The quantitative estimate of drug-likeness (QED) is 0.176. The van der Waals surface area contributed by atoms with E-state index in [9.17, 15) is 45.9 Å². The van der Waals surface area contributed by atoms with E-state index in [0.717, 1.165) is 5.32 Å². The van der Waals surface area contributed by atoms with Crippen LogP contribution in [0.3, 0.4) is 0 Å². The van der Waals surface area contributed by atoms with Crippen molar-refractivity contribution in [1.82, 2.24) is 21.3 Å². The molecule has 0 radical (unpaired) electrons. The average molecular weight is 689 g/mol. The molecule has 4 N–H and O–H groups in total. The number of hydrogen-bond acceptors (Lipinski definition) is 6. The molecule has 1 saturated carbocycles. The van der Waals surface area contributed by atoms with Crippen LogP contribution in [0.2, 0.25) is 5.02 Å². The molecule has 256 valence electrons. The van der Waals surface area contributed by atoms with Crippen LogP contribution < -0.4 is 26.0 Å². The Bertz CT molecular complexity index is 1500. The van der Waals surface area contributed by atoms with Crippen molar-refractivity contribution in [3.05, 3.63) is 64.7 Å². The second kappa shape index (κ2) is 14.7. The second-order valence-electron chi connectivity index (χ2n) is 11.5. The van der Waals surface area contributed by atoms with Crippen molar-refractivity contribution in [2.45, 2.75) is 69.3 Å². The summed E-state index contributed by atoms with van der Waals surface area (Å²) < 4.78 is 72.0. The van der Waals surface area contributed by atoms with Crippen molar-refractivity contribution in [1.29, 1.82) is 0 Å². The first-order valence-corrected chi connectivity index (χ1v) is 14.8. The van der Waals surface area contributed by atoms with Crippen molar-refractivity contribution in [3.8, 4) is 5.75 Å². The number of hydrogen-bond donors (Lipinski definition) is 4. The molecule has 0 saturated heterocycles. The molecule has 0 aromatic heterocycles. The number of amides is 4. The maximum absolute atomic E-state index is 14.7. The van der Waals surface area contributed by atoms with E-state index in [4.69, 9.17) is 16.3 Å². The molecule has 3 rings (SSSR count). The molecule has 47 heavy (non-hydrogen) atoms. The van der Waals surface area contributed by atoms with Crippen LogP contribution in [0.5, 0.6) is 5.75 Å². The van der Waals surface area contributed by atoms with Gasteiger partial charge in [-0.3, -0.25) is 24.0 Å². The van der Waals surface area contributed by atoms with E-state index in [0.29, 0.717) is 29.2 Å². The van der Waals surface area contributed by atoms with Crippen LogP contribution in [0.25, 0.3) is 0 Å². The molecule has 10 nitrogen and oxygen atoms in total. The van der Waals surface area contributed by atoms with Gasteiger partial charge in [-0.15, -0.1) is 0 Å². The number of methoxy groups -OCH3 is 1. The predicted octanol–water partition coefficient (Wildman–Crippen LogP) is 3.77. The van der Waals surface area contributed by atoms with Gasteiger partial charge in [0.05, 0.1) is 18.6 Å². The van der Waals surface area contributed by atoms with Gasteiger partial charge >= 0.3 is 12.1 Å². The summed E-state index contributed by atoms with van der Waals surface area (Å²) in [4.78, 5) is 64.7. The first-order chi connectivity index (χ1) is 21.8. The summed E-state index contributed by atoms with van der Waals surface area (Å²) in [5, 5.41) is 8.58. The summed E-state index contributed by atoms with van der Waals surface area (Å²) in [7, 11) is 1.38. The van der Waals surface area contributed by atoms with E-state index in [2.05, 4.69) is 16.0 Å². The Morgan fingerprint density at radius 1 is 0.894 bits per heavy atom. The summed E-state index contributed by atoms with van der Waals surface area (Å²) in [5.74, 6) is -12.7. The van der Waals surface area contributed by atoms with Crippen molar-refractivity contribution < 1.29 is 50.7 Å². The molecule has 0 aliphatic heterocycles. The number of ether oxygens (including phenoxy) is 1. The number of Topliss-reactive ketones (excluding diaryl/α,β-unsaturated/α-hetero) is 1. The number of benzene rings is 2. The first-order valence-electron chi connectivity index (χ1n) is 14.4. The Labute approximate surface area is 272 Å². The third kappa shape index (κ3) is 9.18. The fourth-order valence-electron chi connectivity index (χ4n) is 4.69. The minimum absolute atomic E-state index is 0.123. The van der Waals surface area contributed by atoms with Gasteiger partial charge in [-0.25, -0.2) is 0 Å². The first kappa shape index (κ1) is 37.2. The van der Waals surface area contributed by atoms with E-state index >= 15 is 0 Å². The zero-order chi connectivity index (χ0) is 35.3. The Kier molecular flexibility index (Phi) is 11.6. The fraction of sp³-hybridized carbons (Fsp3) is 0.452. The van der Waals surface area contributed by atoms with E-state index in [-0.39, 0.29) is 5.56 Å². The van der Waals surface area contributed by atoms with Gasteiger partial charge in [0.25, 0.3) is 5.91 Å². The molecule has 0 spiro atoms. The van der Waals surface area contributed by atoms with Crippen LogP contribution >= 0.6 is 11.6 Å². The molecule has 0 unspecified atom stereocenters. The molecule has 1 aliphatic rings. The molecular weight excluding hydrogens is 655 g/mol. The van der Waals surface area contributed by atoms with Crippen LogP contribution in [0.1, 0.15) is 50.8 Å². The normalized spacial score (nSPS) is 15.9.